The van der Waals surface area contributed by atoms with Crippen LogP contribution >= 0.6 is 23.2 Å². The van der Waals surface area contributed by atoms with E-state index in [2.05, 4.69) is 20.6 Å². The van der Waals surface area contributed by atoms with E-state index in [4.69, 9.17) is 27.6 Å². The maximum Gasteiger partial charge on any atom is 0.268 e. The van der Waals surface area contributed by atoms with Crippen molar-refractivity contribution in [3.63, 3.8) is 0 Å². The van der Waals surface area contributed by atoms with Gasteiger partial charge in [-0.05, 0) is 61.1 Å². The first-order valence-electron chi connectivity index (χ1n) is 13.7. The van der Waals surface area contributed by atoms with Gasteiger partial charge in [-0.2, -0.15) is 4.98 Å². The third kappa shape index (κ3) is 6.60. The van der Waals surface area contributed by atoms with Crippen molar-refractivity contribution in [2.24, 2.45) is 5.92 Å². The van der Waals surface area contributed by atoms with Crippen molar-refractivity contribution in [1.82, 2.24) is 20.6 Å². The van der Waals surface area contributed by atoms with Crippen LogP contribution in [0.15, 0.2) is 65.2 Å². The van der Waals surface area contributed by atoms with Gasteiger partial charge in [0.1, 0.15) is 0 Å². The lowest BCUT2D eigenvalue weighted by atomic mass is 9.82. The zero-order valence-electron chi connectivity index (χ0n) is 22.5. The van der Waals surface area contributed by atoms with Gasteiger partial charge >= 0.3 is 0 Å². The molecule has 212 valence electrons. The molecular formula is C31H30Cl2N4O4. The molecule has 8 nitrogen and oxygen atoms in total. The molecule has 0 bridgehead atoms. The number of carbonyl (C=O) groups is 3. The summed E-state index contributed by atoms with van der Waals surface area (Å²) in [5.41, 5.74) is 2.77. The Labute approximate surface area is 247 Å². The Hall–Kier alpha value is -3.75. The molecule has 2 aromatic heterocycles. The molecule has 2 amide bonds. The Morgan fingerprint density at radius 1 is 1.02 bits per heavy atom. The molecule has 2 heterocycles. The van der Waals surface area contributed by atoms with Crippen LogP contribution in [0.5, 0.6) is 0 Å². The molecule has 2 N–H and O–H groups in total. The molecule has 0 spiro atoms. The average molecular weight is 594 g/mol. The van der Waals surface area contributed by atoms with Crippen LogP contribution in [0, 0.1) is 5.92 Å². The number of amides is 2. The number of aromatic nitrogens is 2. The smallest absolute Gasteiger partial charge is 0.268 e. The SMILES string of the molecule is CCC(NC(=O)CC1CCCCC1NC(=O)c1ccc(-c2ccccc2Cl)cc1Cl)C(=O)c1nc2ncccc2o1. The number of ketones is 1. The third-order valence-electron chi connectivity index (χ3n) is 7.51. The summed E-state index contributed by atoms with van der Waals surface area (Å²) in [5.74, 6) is -1.10. The van der Waals surface area contributed by atoms with Crippen LogP contribution in [-0.2, 0) is 4.79 Å². The van der Waals surface area contributed by atoms with Crippen LogP contribution in [0.25, 0.3) is 22.4 Å². The first kappa shape index (κ1) is 28.8. The highest BCUT2D eigenvalue weighted by molar-refractivity contribution is 6.35. The highest BCUT2D eigenvalue weighted by Gasteiger charge is 2.31. The van der Waals surface area contributed by atoms with Crippen molar-refractivity contribution in [1.29, 1.82) is 0 Å². The van der Waals surface area contributed by atoms with Crippen molar-refractivity contribution in [3.05, 3.63) is 82.3 Å². The second-order valence-corrected chi connectivity index (χ2v) is 11.1. The predicted octanol–water partition coefficient (Wildman–Crippen LogP) is 6.65. The molecule has 3 atom stereocenters. The van der Waals surface area contributed by atoms with E-state index in [0.29, 0.717) is 33.3 Å². The summed E-state index contributed by atoms with van der Waals surface area (Å²) in [4.78, 5) is 47.6. The number of nitrogens with zero attached hydrogens (tertiary/aromatic N) is 2. The lowest BCUT2D eigenvalue weighted by Gasteiger charge is -2.32. The first-order valence-corrected chi connectivity index (χ1v) is 14.5. The zero-order valence-corrected chi connectivity index (χ0v) is 24.0. The minimum absolute atomic E-state index is 0.0741. The molecule has 1 aliphatic carbocycles. The number of nitrogens with one attached hydrogen (secondary N) is 2. The largest absolute Gasteiger partial charge is 0.432 e. The second kappa shape index (κ2) is 12.8. The Morgan fingerprint density at radius 3 is 2.59 bits per heavy atom. The van der Waals surface area contributed by atoms with Gasteiger partial charge in [-0.25, -0.2) is 4.98 Å². The molecular weight excluding hydrogens is 563 g/mol. The summed E-state index contributed by atoms with van der Waals surface area (Å²) < 4.78 is 5.56. The number of oxazole rings is 1. The monoisotopic (exact) mass is 592 g/mol. The molecule has 10 heteroatoms. The van der Waals surface area contributed by atoms with E-state index >= 15 is 0 Å². The molecule has 5 rings (SSSR count). The van der Waals surface area contributed by atoms with Crippen molar-refractivity contribution < 1.29 is 18.8 Å². The Kier molecular flexibility index (Phi) is 9.00. The minimum Gasteiger partial charge on any atom is -0.432 e. The van der Waals surface area contributed by atoms with E-state index in [1.807, 2.05) is 31.2 Å². The van der Waals surface area contributed by atoms with Crippen LogP contribution < -0.4 is 10.6 Å². The van der Waals surface area contributed by atoms with Gasteiger partial charge < -0.3 is 15.1 Å². The van der Waals surface area contributed by atoms with Gasteiger partial charge in [-0.3, -0.25) is 14.4 Å². The molecule has 1 saturated carbocycles. The number of halogens is 2. The van der Waals surface area contributed by atoms with Gasteiger partial charge in [0, 0.05) is 29.2 Å². The minimum atomic E-state index is -0.775. The van der Waals surface area contributed by atoms with E-state index in [-0.39, 0.29) is 36.1 Å². The highest BCUT2D eigenvalue weighted by Crippen LogP contribution is 2.32. The van der Waals surface area contributed by atoms with E-state index in [0.717, 1.165) is 36.8 Å². The Morgan fingerprint density at radius 2 is 1.83 bits per heavy atom. The van der Waals surface area contributed by atoms with Crippen LogP contribution in [0.4, 0.5) is 0 Å². The van der Waals surface area contributed by atoms with E-state index in [9.17, 15) is 14.4 Å². The standard InChI is InChI=1S/C31H30Cl2N4O4/c1-2-24(28(39)31-37-29-26(41-31)12-7-15-34-29)35-27(38)17-19-8-3-6-11-25(19)36-30(40)21-14-13-18(16-23(21)33)20-9-4-5-10-22(20)32/h4-5,7,9-10,12-16,19,24-25H,2-3,6,8,11,17H2,1H3,(H,35,38)(H,36,40). The fourth-order valence-corrected chi connectivity index (χ4v) is 5.83. The number of hydrogen-bond acceptors (Lipinski definition) is 6. The summed E-state index contributed by atoms with van der Waals surface area (Å²) >= 11 is 12.8. The topological polar surface area (TPSA) is 114 Å². The summed E-state index contributed by atoms with van der Waals surface area (Å²) in [5, 5.41) is 6.87. The van der Waals surface area contributed by atoms with Crippen LogP contribution in [-0.4, -0.2) is 39.6 Å². The van der Waals surface area contributed by atoms with Crippen molar-refractivity contribution in [3.8, 4) is 11.1 Å². The number of hydrogen-bond donors (Lipinski definition) is 2. The van der Waals surface area contributed by atoms with Crippen molar-refractivity contribution in [2.75, 3.05) is 0 Å². The van der Waals surface area contributed by atoms with Crippen LogP contribution in [0.3, 0.4) is 0 Å². The summed E-state index contributed by atoms with van der Waals surface area (Å²) in [6.45, 7) is 1.81. The molecule has 2 aromatic carbocycles. The van der Waals surface area contributed by atoms with Gasteiger partial charge in [-0.15, -0.1) is 0 Å². The fraction of sp³-hybridized carbons (Fsp3) is 0.323. The molecule has 1 aliphatic rings. The van der Waals surface area contributed by atoms with E-state index in [1.165, 1.54) is 0 Å². The lowest BCUT2D eigenvalue weighted by molar-refractivity contribution is -0.123. The molecule has 3 unspecified atom stereocenters. The number of rotatable bonds is 9. The number of carbonyl (C=O) groups excluding carboxylic acids is 3. The summed E-state index contributed by atoms with van der Waals surface area (Å²) in [6.07, 6.45) is 5.59. The third-order valence-corrected chi connectivity index (χ3v) is 8.15. The molecule has 0 radical (unpaired) electrons. The maximum absolute atomic E-state index is 13.2. The number of benzene rings is 2. The van der Waals surface area contributed by atoms with Crippen molar-refractivity contribution >= 4 is 52.0 Å². The fourth-order valence-electron chi connectivity index (χ4n) is 5.32. The predicted molar refractivity (Wildman–Crippen MR) is 158 cm³/mol. The van der Waals surface area contributed by atoms with Crippen molar-refractivity contribution in [2.45, 2.75) is 57.5 Å². The van der Waals surface area contributed by atoms with Gasteiger partial charge in [0.2, 0.25) is 11.7 Å². The van der Waals surface area contributed by atoms with Gasteiger partial charge in [-0.1, -0.05) is 67.2 Å². The Balaban J connectivity index is 1.22. The number of fused-ring (bicyclic) bond motifs is 1. The zero-order chi connectivity index (χ0) is 28.9. The average Bonchev–Trinajstić information content (AvgIpc) is 3.41. The molecule has 1 fully saturated rings. The van der Waals surface area contributed by atoms with Crippen LogP contribution in [0.2, 0.25) is 10.0 Å². The van der Waals surface area contributed by atoms with Gasteiger partial charge in [0.25, 0.3) is 11.8 Å². The molecule has 0 aliphatic heterocycles. The number of pyridine rings is 1. The number of Topliss-reactive ketones (excluding diaryl/α,β-unsaturated/α-hetero) is 1. The lowest BCUT2D eigenvalue weighted by Crippen LogP contribution is -2.46. The Bertz CT molecular complexity index is 1550. The maximum atomic E-state index is 13.2. The normalized spacial score (nSPS) is 17.6. The van der Waals surface area contributed by atoms with Gasteiger partial charge in [0.05, 0.1) is 16.6 Å². The molecule has 0 saturated heterocycles. The first-order chi connectivity index (χ1) is 19.8. The van der Waals surface area contributed by atoms with Gasteiger partial charge in [0.15, 0.2) is 11.2 Å². The van der Waals surface area contributed by atoms with E-state index < -0.39 is 11.8 Å². The quantitative estimate of drug-likeness (QED) is 0.210. The highest BCUT2D eigenvalue weighted by atomic mass is 35.5. The molecule has 4 aromatic rings. The summed E-state index contributed by atoms with van der Waals surface area (Å²) in [7, 11) is 0. The summed E-state index contributed by atoms with van der Waals surface area (Å²) in [6, 6.07) is 15.1. The second-order valence-electron chi connectivity index (χ2n) is 10.2. The van der Waals surface area contributed by atoms with Crippen LogP contribution in [0.1, 0.15) is 66.5 Å². The van der Waals surface area contributed by atoms with E-state index in [1.54, 1.807) is 36.5 Å². The molecule has 41 heavy (non-hydrogen) atoms.